The van der Waals surface area contributed by atoms with E-state index >= 15 is 0 Å². The van der Waals surface area contributed by atoms with Gasteiger partial charge in [0, 0.05) is 12.6 Å². The summed E-state index contributed by atoms with van der Waals surface area (Å²) in [4.78, 5) is 0. The highest BCUT2D eigenvalue weighted by Gasteiger charge is 2.27. The van der Waals surface area contributed by atoms with Crippen LogP contribution in [0.25, 0.3) is 0 Å². The first-order valence-corrected chi connectivity index (χ1v) is 7.44. The lowest BCUT2D eigenvalue weighted by atomic mass is 10.1. The van der Waals surface area contributed by atoms with Gasteiger partial charge in [0.15, 0.2) is 9.84 Å². The highest BCUT2D eigenvalue weighted by atomic mass is 32.2. The zero-order chi connectivity index (χ0) is 11.3. The van der Waals surface area contributed by atoms with Gasteiger partial charge in [0.05, 0.1) is 11.5 Å². The Balaban J connectivity index is 2.11. The predicted molar refractivity (Wildman–Crippen MR) is 62.8 cm³/mol. The molecular weight excluding hydrogens is 212 g/mol. The van der Waals surface area contributed by atoms with E-state index in [1.165, 1.54) is 0 Å². The molecule has 0 aliphatic carbocycles. The Bertz CT molecular complexity index is 277. The fourth-order valence-electron chi connectivity index (χ4n) is 2.01. The van der Waals surface area contributed by atoms with Crippen molar-refractivity contribution in [3.05, 3.63) is 0 Å². The van der Waals surface area contributed by atoms with E-state index in [9.17, 15) is 8.42 Å². The fraction of sp³-hybridized carbons (Fsp3) is 1.00. The molecule has 1 heterocycles. The second kappa shape index (κ2) is 5.82. The monoisotopic (exact) mass is 234 g/mol. The molecule has 0 aromatic rings. The van der Waals surface area contributed by atoms with Crippen molar-refractivity contribution in [2.24, 2.45) is 5.92 Å². The Hall–Kier alpha value is -0.130. The van der Waals surface area contributed by atoms with Crippen LogP contribution >= 0.6 is 0 Å². The Morgan fingerprint density at radius 1 is 1.47 bits per heavy atom. The van der Waals surface area contributed by atoms with Crippen molar-refractivity contribution in [2.45, 2.75) is 25.8 Å². The predicted octanol–water partition coefficient (Wildman–Crippen LogP) is 0.00870. The van der Waals surface area contributed by atoms with E-state index in [1.807, 2.05) is 7.05 Å². The Labute approximate surface area is 92.7 Å². The molecule has 1 aliphatic heterocycles. The Kier molecular flexibility index (Phi) is 5.02. The number of likely N-dealkylation sites (N-methyl/N-ethyl adjacent to an activating group) is 1. The normalized spacial score (nSPS) is 26.7. The van der Waals surface area contributed by atoms with Crippen LogP contribution in [0.1, 0.15) is 19.8 Å². The van der Waals surface area contributed by atoms with Crippen molar-refractivity contribution >= 4 is 9.84 Å². The van der Waals surface area contributed by atoms with E-state index in [0.29, 0.717) is 23.5 Å². The molecule has 0 amide bonds. The second-order valence-corrected chi connectivity index (χ2v) is 6.70. The van der Waals surface area contributed by atoms with Crippen molar-refractivity contribution < 1.29 is 8.42 Å². The average molecular weight is 234 g/mol. The number of hydrogen-bond acceptors (Lipinski definition) is 4. The minimum Gasteiger partial charge on any atom is -0.318 e. The fourth-order valence-corrected chi connectivity index (χ4v) is 3.92. The van der Waals surface area contributed by atoms with Gasteiger partial charge < -0.3 is 10.6 Å². The van der Waals surface area contributed by atoms with Crippen LogP contribution in [0.2, 0.25) is 0 Å². The van der Waals surface area contributed by atoms with Crippen LogP contribution < -0.4 is 10.6 Å². The summed E-state index contributed by atoms with van der Waals surface area (Å²) in [7, 11) is -0.764. The van der Waals surface area contributed by atoms with Crippen LogP contribution in [0.4, 0.5) is 0 Å². The molecule has 2 unspecified atom stereocenters. The third-order valence-corrected chi connectivity index (χ3v) is 4.72. The molecule has 2 N–H and O–H groups in total. The van der Waals surface area contributed by atoms with Gasteiger partial charge >= 0.3 is 0 Å². The van der Waals surface area contributed by atoms with Crippen molar-refractivity contribution in [1.82, 2.24) is 10.6 Å². The standard InChI is InChI=1S/C10H22N2O2S/c1-9(7-11-2)12-5-3-10-4-6-15(13,14)8-10/h9-12H,3-8H2,1-2H3. The number of rotatable bonds is 6. The molecule has 1 aliphatic rings. The van der Waals surface area contributed by atoms with Gasteiger partial charge in [0.2, 0.25) is 0 Å². The molecule has 1 saturated heterocycles. The first kappa shape index (κ1) is 12.9. The summed E-state index contributed by atoms with van der Waals surface area (Å²) in [6, 6.07) is 0.452. The van der Waals surface area contributed by atoms with E-state index < -0.39 is 9.84 Å². The molecule has 0 aromatic heterocycles. The maximum absolute atomic E-state index is 11.2. The lowest BCUT2D eigenvalue weighted by molar-refractivity contribution is 0.462. The van der Waals surface area contributed by atoms with Gasteiger partial charge in [-0.25, -0.2) is 8.42 Å². The maximum Gasteiger partial charge on any atom is 0.150 e. The molecule has 0 saturated carbocycles. The second-order valence-electron chi connectivity index (χ2n) is 4.47. The van der Waals surface area contributed by atoms with Crippen LogP contribution in [-0.4, -0.2) is 46.1 Å². The van der Waals surface area contributed by atoms with Crippen molar-refractivity contribution in [2.75, 3.05) is 31.6 Å². The topological polar surface area (TPSA) is 58.2 Å². The summed E-state index contributed by atoms with van der Waals surface area (Å²) in [5, 5.41) is 6.48. The molecule has 0 spiro atoms. The van der Waals surface area contributed by atoms with Gasteiger partial charge in [0.25, 0.3) is 0 Å². The van der Waals surface area contributed by atoms with Gasteiger partial charge in [-0.05, 0) is 39.3 Å². The van der Waals surface area contributed by atoms with Crippen LogP contribution in [0.3, 0.4) is 0 Å². The minimum atomic E-state index is -2.70. The van der Waals surface area contributed by atoms with Crippen LogP contribution in [0.5, 0.6) is 0 Å². The van der Waals surface area contributed by atoms with Crippen LogP contribution in [-0.2, 0) is 9.84 Å². The Morgan fingerprint density at radius 3 is 2.73 bits per heavy atom. The van der Waals surface area contributed by atoms with E-state index in [2.05, 4.69) is 17.6 Å². The first-order valence-electron chi connectivity index (χ1n) is 5.62. The molecule has 4 nitrogen and oxygen atoms in total. The maximum atomic E-state index is 11.2. The minimum absolute atomic E-state index is 0.379. The quantitative estimate of drug-likeness (QED) is 0.680. The molecule has 2 atom stereocenters. The average Bonchev–Trinajstić information content (AvgIpc) is 2.46. The van der Waals surface area contributed by atoms with Gasteiger partial charge in [-0.15, -0.1) is 0 Å². The van der Waals surface area contributed by atoms with Crippen LogP contribution in [0, 0.1) is 5.92 Å². The molecule has 0 aromatic carbocycles. The summed E-state index contributed by atoms with van der Waals surface area (Å²) in [6.45, 7) is 3.99. The van der Waals surface area contributed by atoms with E-state index in [-0.39, 0.29) is 0 Å². The van der Waals surface area contributed by atoms with Crippen molar-refractivity contribution in [3.8, 4) is 0 Å². The van der Waals surface area contributed by atoms with Gasteiger partial charge in [-0.1, -0.05) is 0 Å². The van der Waals surface area contributed by atoms with E-state index in [1.54, 1.807) is 0 Å². The zero-order valence-electron chi connectivity index (χ0n) is 9.62. The number of sulfone groups is 1. The number of hydrogen-bond donors (Lipinski definition) is 2. The van der Waals surface area contributed by atoms with Gasteiger partial charge in [0.1, 0.15) is 0 Å². The molecule has 15 heavy (non-hydrogen) atoms. The third kappa shape index (κ3) is 4.95. The van der Waals surface area contributed by atoms with Crippen molar-refractivity contribution in [3.63, 3.8) is 0 Å². The molecule has 0 radical (unpaired) electrons. The summed E-state index contributed by atoms with van der Waals surface area (Å²) in [5.74, 6) is 1.17. The summed E-state index contributed by atoms with van der Waals surface area (Å²) < 4.78 is 22.4. The highest BCUT2D eigenvalue weighted by molar-refractivity contribution is 7.91. The summed E-state index contributed by atoms with van der Waals surface area (Å²) >= 11 is 0. The van der Waals surface area contributed by atoms with Gasteiger partial charge in [-0.2, -0.15) is 0 Å². The largest absolute Gasteiger partial charge is 0.318 e. The summed E-state index contributed by atoms with van der Waals surface area (Å²) in [6.07, 6.45) is 1.83. The zero-order valence-corrected chi connectivity index (χ0v) is 10.4. The van der Waals surface area contributed by atoms with Gasteiger partial charge in [-0.3, -0.25) is 0 Å². The molecular formula is C10H22N2O2S. The molecule has 1 rings (SSSR count). The lowest BCUT2D eigenvalue weighted by Gasteiger charge is -2.14. The summed E-state index contributed by atoms with van der Waals surface area (Å²) in [5.41, 5.74) is 0. The highest BCUT2D eigenvalue weighted by Crippen LogP contribution is 2.20. The van der Waals surface area contributed by atoms with E-state index in [0.717, 1.165) is 25.9 Å². The molecule has 0 bridgehead atoms. The van der Waals surface area contributed by atoms with Crippen LogP contribution in [0.15, 0.2) is 0 Å². The Morgan fingerprint density at radius 2 is 2.20 bits per heavy atom. The molecule has 5 heteroatoms. The smallest absolute Gasteiger partial charge is 0.150 e. The molecule has 1 fully saturated rings. The van der Waals surface area contributed by atoms with E-state index in [4.69, 9.17) is 0 Å². The SMILES string of the molecule is CNCC(C)NCCC1CCS(=O)(=O)C1. The molecule has 90 valence electrons. The van der Waals surface area contributed by atoms with Crippen molar-refractivity contribution in [1.29, 1.82) is 0 Å². The first-order chi connectivity index (χ1) is 7.03. The number of nitrogens with one attached hydrogen (secondary N) is 2. The third-order valence-electron chi connectivity index (χ3n) is 2.88. The lowest BCUT2D eigenvalue weighted by Crippen LogP contribution is -2.36.